The predicted octanol–water partition coefficient (Wildman–Crippen LogP) is 5.07. The molecule has 1 unspecified atom stereocenters. The summed E-state index contributed by atoms with van der Waals surface area (Å²) in [6.45, 7) is 4.40. The summed E-state index contributed by atoms with van der Waals surface area (Å²) in [5.74, 6) is 0. The third-order valence-corrected chi connectivity index (χ3v) is 5.07. The summed E-state index contributed by atoms with van der Waals surface area (Å²) >= 11 is 6.26. The van der Waals surface area contributed by atoms with Gasteiger partial charge in [-0.15, -0.1) is 0 Å². The molecular weight excluding hydrogens is 292 g/mol. The quantitative estimate of drug-likeness (QED) is 0.663. The van der Waals surface area contributed by atoms with Crippen LogP contribution in [0.5, 0.6) is 0 Å². The highest BCUT2D eigenvalue weighted by Gasteiger charge is 2.19. The lowest BCUT2D eigenvalue weighted by molar-refractivity contribution is 0.478. The minimum Gasteiger partial charge on any atom is -0.337 e. The molecule has 1 aliphatic rings. The fraction of sp³-hybridized carbons (Fsp3) is 0.368. The van der Waals surface area contributed by atoms with Gasteiger partial charge in [-0.2, -0.15) is 0 Å². The van der Waals surface area contributed by atoms with Crippen molar-refractivity contribution in [3.8, 4) is 0 Å². The number of halogens is 1. The van der Waals surface area contributed by atoms with Crippen LogP contribution < -0.4 is 5.32 Å². The summed E-state index contributed by atoms with van der Waals surface area (Å²) < 4.78 is 2.55. The summed E-state index contributed by atoms with van der Waals surface area (Å²) in [4.78, 5) is 0. The van der Waals surface area contributed by atoms with E-state index in [0.29, 0.717) is 6.04 Å². The molecule has 0 amide bonds. The molecule has 4 rings (SSSR count). The molecule has 3 heteroatoms. The summed E-state index contributed by atoms with van der Waals surface area (Å²) in [7, 11) is 0. The summed E-state index contributed by atoms with van der Waals surface area (Å²) in [6, 6.07) is 13.7. The Kier molecular flexibility index (Phi) is 3.59. The number of aromatic nitrogens is 1. The van der Waals surface area contributed by atoms with Crippen LogP contribution in [-0.4, -0.2) is 17.7 Å². The minimum absolute atomic E-state index is 0.568. The number of hydrogen-bond acceptors (Lipinski definition) is 1. The monoisotopic (exact) mass is 312 g/mol. The van der Waals surface area contributed by atoms with Gasteiger partial charge >= 0.3 is 0 Å². The van der Waals surface area contributed by atoms with Gasteiger partial charge in [-0.05, 0) is 69.6 Å². The van der Waals surface area contributed by atoms with Crippen molar-refractivity contribution < 1.29 is 0 Å². The van der Waals surface area contributed by atoms with Crippen LogP contribution in [-0.2, 0) is 0 Å². The van der Waals surface area contributed by atoms with Gasteiger partial charge in [-0.25, -0.2) is 0 Å². The summed E-state index contributed by atoms with van der Waals surface area (Å²) in [6.07, 6.45) is 3.67. The zero-order chi connectivity index (χ0) is 15.1. The van der Waals surface area contributed by atoms with Gasteiger partial charge in [-0.3, -0.25) is 0 Å². The number of fused-ring (bicyclic) bond motifs is 3. The fourth-order valence-electron chi connectivity index (χ4n) is 3.79. The van der Waals surface area contributed by atoms with E-state index in [1.165, 1.54) is 46.6 Å². The second kappa shape index (κ2) is 5.60. The topological polar surface area (TPSA) is 17.0 Å². The van der Waals surface area contributed by atoms with E-state index in [-0.39, 0.29) is 0 Å². The van der Waals surface area contributed by atoms with E-state index < -0.39 is 0 Å². The molecule has 2 nitrogen and oxygen atoms in total. The Morgan fingerprint density at radius 3 is 2.64 bits per heavy atom. The van der Waals surface area contributed by atoms with Crippen molar-refractivity contribution in [1.29, 1.82) is 0 Å². The second-order valence-corrected chi connectivity index (χ2v) is 6.82. The first-order chi connectivity index (χ1) is 10.7. The Labute approximate surface area is 136 Å². The van der Waals surface area contributed by atoms with Crippen molar-refractivity contribution in [3.05, 3.63) is 47.0 Å². The molecule has 1 aromatic heterocycles. The maximum Gasteiger partial charge on any atom is 0.0495 e. The van der Waals surface area contributed by atoms with E-state index in [0.717, 1.165) is 18.1 Å². The molecule has 0 radical (unpaired) electrons. The third-order valence-electron chi connectivity index (χ3n) is 4.83. The first kappa shape index (κ1) is 14.1. The average Bonchev–Trinajstić information content (AvgIpc) is 2.68. The van der Waals surface area contributed by atoms with Crippen LogP contribution >= 0.6 is 11.6 Å². The molecule has 1 aliphatic heterocycles. The van der Waals surface area contributed by atoms with E-state index in [1.807, 2.05) is 6.07 Å². The number of hydrogen-bond donors (Lipinski definition) is 1. The van der Waals surface area contributed by atoms with E-state index in [9.17, 15) is 0 Å². The molecule has 0 spiro atoms. The third kappa shape index (κ3) is 2.31. The molecule has 2 heterocycles. The summed E-state index contributed by atoms with van der Waals surface area (Å²) in [5, 5.41) is 6.94. The van der Waals surface area contributed by atoms with Crippen molar-refractivity contribution in [3.63, 3.8) is 0 Å². The maximum absolute atomic E-state index is 6.26. The maximum atomic E-state index is 6.26. The lowest BCUT2D eigenvalue weighted by Gasteiger charge is -2.19. The number of nitrogens with one attached hydrogen (secondary N) is 1. The van der Waals surface area contributed by atoms with Gasteiger partial charge in [0.05, 0.1) is 0 Å². The average molecular weight is 313 g/mol. The lowest BCUT2D eigenvalue weighted by Crippen LogP contribution is -2.15. The highest BCUT2D eigenvalue weighted by molar-refractivity contribution is 6.31. The molecule has 1 saturated heterocycles. The number of rotatable bonds is 1. The van der Waals surface area contributed by atoms with Crippen LogP contribution in [0.15, 0.2) is 36.4 Å². The van der Waals surface area contributed by atoms with Gasteiger partial charge in [0.1, 0.15) is 0 Å². The molecule has 0 aliphatic carbocycles. The Hall–Kier alpha value is -1.51. The SMILES string of the molecule is Cc1ccc2c(c1)c1cc(Cl)ccc1n2C1CCCNCC1. The van der Waals surface area contributed by atoms with Crippen molar-refractivity contribution >= 4 is 33.4 Å². The van der Waals surface area contributed by atoms with Crippen LogP contribution in [0.3, 0.4) is 0 Å². The van der Waals surface area contributed by atoms with Crippen molar-refractivity contribution in [1.82, 2.24) is 9.88 Å². The Bertz CT molecular complexity index is 767. The molecule has 1 N–H and O–H groups in total. The van der Waals surface area contributed by atoms with Gasteiger partial charge in [0, 0.05) is 32.9 Å². The van der Waals surface area contributed by atoms with Crippen LogP contribution in [0.2, 0.25) is 5.02 Å². The summed E-state index contributed by atoms with van der Waals surface area (Å²) in [5.41, 5.74) is 3.96. The van der Waals surface area contributed by atoms with Crippen molar-refractivity contribution in [2.24, 2.45) is 0 Å². The normalized spacial score (nSPS) is 19.6. The zero-order valence-corrected chi connectivity index (χ0v) is 13.7. The Morgan fingerprint density at radius 2 is 1.77 bits per heavy atom. The van der Waals surface area contributed by atoms with Gasteiger partial charge in [0.15, 0.2) is 0 Å². The Morgan fingerprint density at radius 1 is 1.00 bits per heavy atom. The van der Waals surface area contributed by atoms with E-state index in [2.05, 4.69) is 47.1 Å². The van der Waals surface area contributed by atoms with Crippen molar-refractivity contribution in [2.75, 3.05) is 13.1 Å². The van der Waals surface area contributed by atoms with Crippen molar-refractivity contribution in [2.45, 2.75) is 32.2 Å². The van der Waals surface area contributed by atoms with Gasteiger partial charge in [0.25, 0.3) is 0 Å². The first-order valence-electron chi connectivity index (χ1n) is 8.14. The first-order valence-corrected chi connectivity index (χ1v) is 8.52. The zero-order valence-electron chi connectivity index (χ0n) is 12.9. The van der Waals surface area contributed by atoms with E-state index >= 15 is 0 Å². The molecule has 0 saturated carbocycles. The minimum atomic E-state index is 0.568. The van der Waals surface area contributed by atoms with Gasteiger partial charge < -0.3 is 9.88 Å². The van der Waals surface area contributed by atoms with Crippen LogP contribution in [0.4, 0.5) is 0 Å². The molecule has 114 valence electrons. The van der Waals surface area contributed by atoms with Gasteiger partial charge in [-0.1, -0.05) is 23.2 Å². The molecule has 0 bridgehead atoms. The van der Waals surface area contributed by atoms with Gasteiger partial charge in [0.2, 0.25) is 0 Å². The molecule has 22 heavy (non-hydrogen) atoms. The van der Waals surface area contributed by atoms with E-state index in [4.69, 9.17) is 11.6 Å². The molecular formula is C19H21ClN2. The molecule has 1 atom stereocenters. The Balaban J connectivity index is 2.01. The standard InChI is InChI=1S/C19H21ClN2/c1-13-4-6-18-16(11-13)17-12-14(20)5-7-19(17)22(18)15-3-2-9-21-10-8-15/h4-7,11-12,15,21H,2-3,8-10H2,1H3. The highest BCUT2D eigenvalue weighted by Crippen LogP contribution is 2.36. The highest BCUT2D eigenvalue weighted by atomic mass is 35.5. The van der Waals surface area contributed by atoms with Crippen LogP contribution in [0.1, 0.15) is 30.9 Å². The molecule has 2 aromatic carbocycles. The number of nitrogens with zero attached hydrogens (tertiary/aromatic N) is 1. The molecule has 3 aromatic rings. The van der Waals surface area contributed by atoms with E-state index in [1.54, 1.807) is 0 Å². The number of aryl methyl sites for hydroxylation is 1. The smallest absolute Gasteiger partial charge is 0.0495 e. The van der Waals surface area contributed by atoms with Crippen LogP contribution in [0.25, 0.3) is 21.8 Å². The largest absolute Gasteiger partial charge is 0.337 e. The van der Waals surface area contributed by atoms with Crippen LogP contribution in [0, 0.1) is 6.92 Å². The predicted molar refractivity (Wildman–Crippen MR) is 94.9 cm³/mol. The number of benzene rings is 2. The fourth-order valence-corrected chi connectivity index (χ4v) is 3.96. The lowest BCUT2D eigenvalue weighted by atomic mass is 10.1. The second-order valence-electron chi connectivity index (χ2n) is 6.39. The molecule has 1 fully saturated rings.